The molecule has 0 spiro atoms. The Morgan fingerprint density at radius 2 is 1.83 bits per heavy atom. The molecule has 0 bridgehead atoms. The summed E-state index contributed by atoms with van der Waals surface area (Å²) >= 11 is 1.46. The number of hydrogen-bond acceptors (Lipinski definition) is 7. The Labute approximate surface area is 171 Å². The summed E-state index contributed by atoms with van der Waals surface area (Å²) in [5, 5.41) is 1.32. The second-order valence-electron chi connectivity index (χ2n) is 7.15. The molecule has 0 amide bonds. The molecule has 148 valence electrons. The zero-order valence-corrected chi connectivity index (χ0v) is 17.0. The Kier molecular flexibility index (Phi) is 4.44. The minimum atomic E-state index is -3.08. The topological polar surface area (TPSA) is 95.5 Å². The highest BCUT2D eigenvalue weighted by molar-refractivity contribution is 8.13. The fourth-order valence-corrected chi connectivity index (χ4v) is 6.70. The molecule has 7 nitrogen and oxygen atoms in total. The smallest absolute Gasteiger partial charge is 0.258 e. The molecule has 3 aromatic rings. The first-order valence-electron chi connectivity index (χ1n) is 9.23. The lowest BCUT2D eigenvalue weighted by atomic mass is 10.1. The van der Waals surface area contributed by atoms with E-state index in [2.05, 4.69) is 9.97 Å². The van der Waals surface area contributed by atoms with E-state index in [4.69, 9.17) is 4.99 Å². The van der Waals surface area contributed by atoms with Crippen LogP contribution in [0.2, 0.25) is 0 Å². The van der Waals surface area contributed by atoms with Gasteiger partial charge in [-0.1, -0.05) is 42.1 Å². The van der Waals surface area contributed by atoms with Crippen molar-refractivity contribution in [1.82, 2.24) is 9.97 Å². The highest BCUT2D eigenvalue weighted by Crippen LogP contribution is 2.35. The van der Waals surface area contributed by atoms with Crippen molar-refractivity contribution in [3.63, 3.8) is 0 Å². The molecule has 0 radical (unpaired) electrons. The number of rotatable bonds is 3. The number of nitrogens with zero attached hydrogens (tertiary/aromatic N) is 3. The van der Waals surface area contributed by atoms with Gasteiger partial charge in [0.25, 0.3) is 5.56 Å². The maximum absolute atomic E-state index is 12.3. The Balaban J connectivity index is 1.44. The first-order valence-corrected chi connectivity index (χ1v) is 12.0. The first-order chi connectivity index (χ1) is 14.0. The normalized spacial score (nSPS) is 22.6. The average molecular weight is 427 g/mol. The van der Waals surface area contributed by atoms with Gasteiger partial charge in [-0.3, -0.25) is 9.79 Å². The average Bonchev–Trinajstić information content (AvgIpc) is 3.18. The van der Waals surface area contributed by atoms with E-state index in [1.165, 1.54) is 11.8 Å². The van der Waals surface area contributed by atoms with Crippen molar-refractivity contribution in [3.05, 3.63) is 70.8 Å². The Morgan fingerprint density at radius 1 is 1.07 bits per heavy atom. The van der Waals surface area contributed by atoms with E-state index in [0.29, 0.717) is 22.5 Å². The van der Waals surface area contributed by atoms with Gasteiger partial charge in [0, 0.05) is 5.69 Å². The number of fused-ring (bicyclic) bond motifs is 2. The summed E-state index contributed by atoms with van der Waals surface area (Å²) in [5.74, 6) is 1.19. The number of H-pyrrole nitrogens is 1. The predicted molar refractivity (Wildman–Crippen MR) is 116 cm³/mol. The highest BCUT2D eigenvalue weighted by Gasteiger charge is 2.47. The molecule has 0 saturated carbocycles. The van der Waals surface area contributed by atoms with Crippen LogP contribution in [0, 0.1) is 0 Å². The zero-order valence-electron chi connectivity index (χ0n) is 15.4. The molecule has 9 heteroatoms. The number of aromatic amines is 1. The maximum atomic E-state index is 12.3. The van der Waals surface area contributed by atoms with Crippen LogP contribution in [-0.2, 0) is 15.6 Å². The van der Waals surface area contributed by atoms with Crippen molar-refractivity contribution in [2.24, 2.45) is 4.99 Å². The van der Waals surface area contributed by atoms with Crippen molar-refractivity contribution >= 4 is 43.4 Å². The van der Waals surface area contributed by atoms with Crippen LogP contribution in [0.4, 0.5) is 5.69 Å². The number of hydrogen-bond donors (Lipinski definition) is 1. The van der Waals surface area contributed by atoms with Crippen LogP contribution in [-0.4, -0.2) is 47.1 Å². The second kappa shape index (κ2) is 7.00. The number of benzene rings is 2. The van der Waals surface area contributed by atoms with Crippen LogP contribution in [0.15, 0.2) is 64.4 Å². The van der Waals surface area contributed by atoms with Crippen molar-refractivity contribution in [2.45, 2.75) is 17.8 Å². The standard InChI is InChI=1S/C20H18N4O3S2/c25-19-14-8-4-5-9-15(14)21-18(23-19)10-28-20-22-16-11-29(26,27)12-17(16)24(20)13-6-2-1-3-7-13/h1-9,16-17H,10-12H2,(H,21,23,25)/t16-,17-/m1/s1. The van der Waals surface area contributed by atoms with Gasteiger partial charge in [0.15, 0.2) is 15.0 Å². The second-order valence-corrected chi connectivity index (χ2v) is 10.2. The van der Waals surface area contributed by atoms with E-state index in [-0.39, 0.29) is 29.1 Å². The number of anilines is 1. The molecule has 1 fully saturated rings. The fraction of sp³-hybridized carbons (Fsp3) is 0.250. The third-order valence-corrected chi connectivity index (χ3v) is 7.82. The van der Waals surface area contributed by atoms with E-state index in [0.717, 1.165) is 10.9 Å². The maximum Gasteiger partial charge on any atom is 0.258 e. The lowest BCUT2D eigenvalue weighted by molar-refractivity contribution is 0.601. The first kappa shape index (κ1) is 18.4. The number of aliphatic imine (C=N–C) groups is 1. The number of sulfone groups is 1. The molecular formula is C20H18N4O3S2. The highest BCUT2D eigenvalue weighted by atomic mass is 32.2. The molecule has 29 heavy (non-hydrogen) atoms. The summed E-state index contributed by atoms with van der Waals surface area (Å²) in [5.41, 5.74) is 1.41. The van der Waals surface area contributed by atoms with Crippen LogP contribution in [0.5, 0.6) is 0 Å². The minimum Gasteiger partial charge on any atom is -0.315 e. The quantitative estimate of drug-likeness (QED) is 0.690. The fourth-order valence-electron chi connectivity index (χ4n) is 3.86. The van der Waals surface area contributed by atoms with Crippen LogP contribution in [0.25, 0.3) is 10.9 Å². The van der Waals surface area contributed by atoms with Crippen molar-refractivity contribution in [2.75, 3.05) is 16.4 Å². The zero-order chi connectivity index (χ0) is 20.0. The summed E-state index contributed by atoms with van der Waals surface area (Å²) in [4.78, 5) is 26.4. The van der Waals surface area contributed by atoms with E-state index < -0.39 is 9.84 Å². The molecule has 1 aromatic heterocycles. The molecule has 5 rings (SSSR count). The molecular weight excluding hydrogens is 408 g/mol. The SMILES string of the molecule is O=c1[nH]c(CSC2=N[C@@H]3CS(=O)(=O)C[C@H]3N2c2ccccc2)nc2ccccc12. The summed E-state index contributed by atoms with van der Waals surface area (Å²) in [6.45, 7) is 0. The van der Waals surface area contributed by atoms with Gasteiger partial charge in [-0.25, -0.2) is 13.4 Å². The van der Waals surface area contributed by atoms with E-state index in [9.17, 15) is 13.2 Å². The van der Waals surface area contributed by atoms with Crippen molar-refractivity contribution in [1.29, 1.82) is 0 Å². The molecule has 2 aromatic carbocycles. The van der Waals surface area contributed by atoms with Crippen molar-refractivity contribution in [3.8, 4) is 0 Å². The Bertz CT molecular complexity index is 1270. The van der Waals surface area contributed by atoms with Crippen LogP contribution in [0.1, 0.15) is 5.82 Å². The van der Waals surface area contributed by atoms with Gasteiger partial charge in [-0.15, -0.1) is 0 Å². The van der Waals surface area contributed by atoms with Gasteiger partial charge in [-0.2, -0.15) is 0 Å². The molecule has 2 atom stereocenters. The van der Waals surface area contributed by atoms with Gasteiger partial charge in [-0.05, 0) is 24.3 Å². The van der Waals surface area contributed by atoms with Gasteiger partial charge in [0.1, 0.15) is 5.82 Å². The summed E-state index contributed by atoms with van der Waals surface area (Å²) in [6, 6.07) is 16.5. The summed E-state index contributed by atoms with van der Waals surface area (Å²) in [6.07, 6.45) is 0. The Morgan fingerprint density at radius 3 is 2.66 bits per heavy atom. The van der Waals surface area contributed by atoms with Gasteiger partial charge < -0.3 is 9.88 Å². The minimum absolute atomic E-state index is 0.0795. The van der Waals surface area contributed by atoms with E-state index in [1.54, 1.807) is 6.07 Å². The van der Waals surface area contributed by atoms with Crippen LogP contribution < -0.4 is 10.5 Å². The van der Waals surface area contributed by atoms with E-state index in [1.807, 2.05) is 53.4 Å². The lowest BCUT2D eigenvalue weighted by Crippen LogP contribution is -2.39. The van der Waals surface area contributed by atoms with Crippen LogP contribution >= 0.6 is 11.8 Å². The van der Waals surface area contributed by atoms with Gasteiger partial charge in [0.05, 0.1) is 40.2 Å². The monoisotopic (exact) mass is 426 g/mol. The summed E-state index contributed by atoms with van der Waals surface area (Å²) < 4.78 is 24.2. The van der Waals surface area contributed by atoms with E-state index >= 15 is 0 Å². The third-order valence-electron chi connectivity index (χ3n) is 5.14. The number of aromatic nitrogens is 2. The molecule has 2 aliphatic heterocycles. The molecule has 1 N–H and O–H groups in total. The number of amidine groups is 1. The van der Waals surface area contributed by atoms with Crippen molar-refractivity contribution < 1.29 is 8.42 Å². The molecule has 2 aliphatic rings. The summed E-state index contributed by atoms with van der Waals surface area (Å²) in [7, 11) is -3.08. The number of thioether (sulfide) groups is 1. The third kappa shape index (κ3) is 3.44. The molecule has 3 heterocycles. The van der Waals surface area contributed by atoms with Gasteiger partial charge >= 0.3 is 0 Å². The molecule has 0 unspecified atom stereocenters. The van der Waals surface area contributed by atoms with Gasteiger partial charge in [0.2, 0.25) is 0 Å². The molecule has 0 aliphatic carbocycles. The Hall–Kier alpha value is -2.65. The number of nitrogens with one attached hydrogen (secondary N) is 1. The largest absolute Gasteiger partial charge is 0.315 e. The lowest BCUT2D eigenvalue weighted by Gasteiger charge is -2.26. The predicted octanol–water partition coefficient (Wildman–Crippen LogP) is 2.20. The number of para-hydroxylation sites is 2. The van der Waals surface area contributed by atoms with Crippen LogP contribution in [0.3, 0.4) is 0 Å². The molecule has 1 saturated heterocycles.